The number of hydrogen-bond acceptors (Lipinski definition) is 5. The van der Waals surface area contributed by atoms with Gasteiger partial charge in [0, 0.05) is 22.6 Å². The van der Waals surface area contributed by atoms with Gasteiger partial charge in [0.05, 0.1) is 5.69 Å². The second kappa shape index (κ2) is 6.03. The number of thioether (sulfide) groups is 1. The summed E-state index contributed by atoms with van der Waals surface area (Å²) in [6.07, 6.45) is 1.09. The molecule has 3 N–H and O–H groups in total. The molecule has 0 spiro atoms. The minimum Gasteiger partial charge on any atom is -0.308 e. The van der Waals surface area contributed by atoms with E-state index in [0.717, 1.165) is 46.4 Å². The number of hydrogen-bond donors (Lipinski definition) is 2. The Morgan fingerprint density at radius 3 is 2.62 bits per heavy atom. The maximum absolute atomic E-state index is 5.60. The number of anilines is 1. The van der Waals surface area contributed by atoms with Crippen LogP contribution in [0.1, 0.15) is 30.7 Å². The van der Waals surface area contributed by atoms with Crippen LogP contribution in [0, 0.1) is 5.92 Å². The Kier molecular flexibility index (Phi) is 4.12. The summed E-state index contributed by atoms with van der Waals surface area (Å²) in [5.41, 5.74) is 7.34. The lowest BCUT2D eigenvalue weighted by Gasteiger charge is -2.10. The zero-order chi connectivity index (χ0) is 14.8. The van der Waals surface area contributed by atoms with E-state index in [2.05, 4.69) is 48.5 Å². The van der Waals surface area contributed by atoms with Gasteiger partial charge in [-0.25, -0.2) is 15.8 Å². The van der Waals surface area contributed by atoms with E-state index in [1.807, 2.05) is 11.8 Å². The van der Waals surface area contributed by atoms with E-state index < -0.39 is 0 Å². The van der Waals surface area contributed by atoms with Gasteiger partial charge in [-0.15, -0.1) is 0 Å². The number of nitrogen functional groups attached to an aromatic ring is 1. The van der Waals surface area contributed by atoms with Gasteiger partial charge in [-0.1, -0.05) is 38.1 Å². The highest BCUT2D eigenvalue weighted by Gasteiger charge is 2.19. The summed E-state index contributed by atoms with van der Waals surface area (Å²) in [6, 6.07) is 8.52. The molecule has 0 radical (unpaired) electrons. The minimum atomic E-state index is 0.664. The molecule has 0 saturated carbocycles. The van der Waals surface area contributed by atoms with Gasteiger partial charge >= 0.3 is 0 Å². The van der Waals surface area contributed by atoms with Gasteiger partial charge < -0.3 is 5.43 Å². The van der Waals surface area contributed by atoms with Gasteiger partial charge in [0.15, 0.2) is 5.82 Å². The molecule has 5 heteroatoms. The minimum absolute atomic E-state index is 0.664. The fourth-order valence-corrected chi connectivity index (χ4v) is 3.60. The zero-order valence-electron chi connectivity index (χ0n) is 12.4. The molecule has 110 valence electrons. The lowest BCUT2D eigenvalue weighted by molar-refractivity contribution is 0.647. The normalized spacial score (nSPS) is 13.5. The highest BCUT2D eigenvalue weighted by atomic mass is 32.2. The van der Waals surface area contributed by atoms with Crippen LogP contribution in [0.25, 0.3) is 11.4 Å². The first-order valence-corrected chi connectivity index (χ1v) is 8.36. The van der Waals surface area contributed by atoms with Gasteiger partial charge in [-0.2, -0.15) is 11.8 Å². The van der Waals surface area contributed by atoms with Crippen LogP contribution in [-0.2, 0) is 17.9 Å². The standard InChI is InChI=1S/C16H20N4S/c1-10(2)7-11-3-5-12(6-4-11)15-18-14-9-21-8-13(14)16(19-15)20-17/h3-6,10H,7-9,17H2,1-2H3,(H,18,19,20). The van der Waals surface area contributed by atoms with Crippen molar-refractivity contribution < 1.29 is 0 Å². The van der Waals surface area contributed by atoms with Crippen LogP contribution >= 0.6 is 11.8 Å². The summed E-state index contributed by atoms with van der Waals surface area (Å²) < 4.78 is 0. The summed E-state index contributed by atoms with van der Waals surface area (Å²) in [4.78, 5) is 9.26. The molecule has 0 amide bonds. The fourth-order valence-electron chi connectivity index (χ4n) is 2.56. The van der Waals surface area contributed by atoms with Gasteiger partial charge in [0.2, 0.25) is 0 Å². The molecular weight excluding hydrogens is 280 g/mol. The molecule has 21 heavy (non-hydrogen) atoms. The summed E-state index contributed by atoms with van der Waals surface area (Å²) in [7, 11) is 0. The third kappa shape index (κ3) is 3.04. The zero-order valence-corrected chi connectivity index (χ0v) is 13.2. The number of hydrazine groups is 1. The average Bonchev–Trinajstić information content (AvgIpc) is 2.94. The smallest absolute Gasteiger partial charge is 0.161 e. The molecule has 0 bridgehead atoms. The van der Waals surface area contributed by atoms with Crippen molar-refractivity contribution in [2.75, 3.05) is 5.43 Å². The third-order valence-electron chi connectivity index (χ3n) is 3.57. The largest absolute Gasteiger partial charge is 0.308 e. The topological polar surface area (TPSA) is 63.8 Å². The monoisotopic (exact) mass is 300 g/mol. The molecule has 0 aliphatic carbocycles. The van der Waals surface area contributed by atoms with Gasteiger partial charge in [-0.05, 0) is 17.9 Å². The van der Waals surface area contributed by atoms with E-state index in [0.29, 0.717) is 5.92 Å². The predicted octanol–water partition coefficient (Wildman–Crippen LogP) is 3.37. The predicted molar refractivity (Wildman–Crippen MR) is 88.8 cm³/mol. The first-order valence-electron chi connectivity index (χ1n) is 7.21. The number of benzene rings is 1. The molecule has 0 saturated heterocycles. The Balaban J connectivity index is 1.93. The van der Waals surface area contributed by atoms with Crippen molar-refractivity contribution >= 4 is 17.6 Å². The van der Waals surface area contributed by atoms with Crippen molar-refractivity contribution in [3.05, 3.63) is 41.1 Å². The molecule has 4 nitrogen and oxygen atoms in total. The van der Waals surface area contributed by atoms with Crippen LogP contribution in [0.2, 0.25) is 0 Å². The van der Waals surface area contributed by atoms with Gasteiger partial charge in [0.1, 0.15) is 5.82 Å². The molecule has 0 atom stereocenters. The molecule has 1 aliphatic rings. The van der Waals surface area contributed by atoms with Crippen LogP contribution in [-0.4, -0.2) is 9.97 Å². The van der Waals surface area contributed by atoms with Crippen LogP contribution < -0.4 is 11.3 Å². The molecule has 1 aliphatic heterocycles. The Bertz CT molecular complexity index is 637. The van der Waals surface area contributed by atoms with E-state index in [4.69, 9.17) is 10.8 Å². The second-order valence-electron chi connectivity index (χ2n) is 5.75. The van der Waals surface area contributed by atoms with Crippen LogP contribution in [0.3, 0.4) is 0 Å². The molecular formula is C16H20N4S. The maximum Gasteiger partial charge on any atom is 0.161 e. The van der Waals surface area contributed by atoms with E-state index in [1.165, 1.54) is 5.56 Å². The van der Waals surface area contributed by atoms with Crippen molar-refractivity contribution in [3.8, 4) is 11.4 Å². The number of nitrogens with one attached hydrogen (secondary N) is 1. The Hall–Kier alpha value is -1.59. The third-order valence-corrected chi connectivity index (χ3v) is 4.54. The SMILES string of the molecule is CC(C)Cc1ccc(-c2nc3c(c(NN)n2)CSC3)cc1. The Morgan fingerprint density at radius 1 is 1.19 bits per heavy atom. The number of fused-ring (bicyclic) bond motifs is 1. The van der Waals surface area contributed by atoms with Crippen LogP contribution in [0.5, 0.6) is 0 Å². The fraction of sp³-hybridized carbons (Fsp3) is 0.375. The lowest BCUT2D eigenvalue weighted by Crippen LogP contribution is -2.12. The molecule has 3 rings (SSSR count). The van der Waals surface area contributed by atoms with Gasteiger partial charge in [-0.3, -0.25) is 0 Å². The highest BCUT2D eigenvalue weighted by Crippen LogP contribution is 2.34. The van der Waals surface area contributed by atoms with E-state index in [-0.39, 0.29) is 0 Å². The lowest BCUT2D eigenvalue weighted by atomic mass is 10.0. The summed E-state index contributed by atoms with van der Waals surface area (Å²) >= 11 is 1.85. The Morgan fingerprint density at radius 2 is 1.95 bits per heavy atom. The molecule has 2 heterocycles. The second-order valence-corrected chi connectivity index (χ2v) is 6.74. The highest BCUT2D eigenvalue weighted by molar-refractivity contribution is 7.98. The van der Waals surface area contributed by atoms with Crippen molar-refractivity contribution in [1.82, 2.24) is 9.97 Å². The van der Waals surface area contributed by atoms with Crippen molar-refractivity contribution in [1.29, 1.82) is 0 Å². The van der Waals surface area contributed by atoms with Gasteiger partial charge in [0.25, 0.3) is 0 Å². The van der Waals surface area contributed by atoms with E-state index in [9.17, 15) is 0 Å². The summed E-state index contributed by atoms with van der Waals surface area (Å²) in [5, 5.41) is 0. The quantitative estimate of drug-likeness (QED) is 0.669. The number of nitrogens with two attached hydrogens (primary N) is 1. The maximum atomic E-state index is 5.60. The first-order chi connectivity index (χ1) is 10.2. The van der Waals surface area contributed by atoms with Crippen LogP contribution in [0.4, 0.5) is 5.82 Å². The molecule has 2 aromatic rings. The van der Waals surface area contributed by atoms with Crippen LogP contribution in [0.15, 0.2) is 24.3 Å². The summed E-state index contributed by atoms with van der Waals surface area (Å²) in [6.45, 7) is 4.46. The molecule has 0 fully saturated rings. The first kappa shape index (κ1) is 14.4. The van der Waals surface area contributed by atoms with Crippen molar-refractivity contribution in [3.63, 3.8) is 0 Å². The van der Waals surface area contributed by atoms with Crippen molar-refractivity contribution in [2.24, 2.45) is 11.8 Å². The molecule has 0 unspecified atom stereocenters. The molecule has 1 aromatic carbocycles. The van der Waals surface area contributed by atoms with E-state index >= 15 is 0 Å². The molecule has 1 aromatic heterocycles. The van der Waals surface area contributed by atoms with E-state index in [1.54, 1.807) is 0 Å². The average molecular weight is 300 g/mol. The number of rotatable bonds is 4. The van der Waals surface area contributed by atoms with Crippen molar-refractivity contribution in [2.45, 2.75) is 31.8 Å². The number of aromatic nitrogens is 2. The number of nitrogens with zero attached hydrogens (tertiary/aromatic N) is 2. The summed E-state index contributed by atoms with van der Waals surface area (Å²) in [5.74, 6) is 9.64. The Labute approximate surface area is 129 Å².